The van der Waals surface area contributed by atoms with Crippen LogP contribution in [0.1, 0.15) is 61.6 Å². The summed E-state index contributed by atoms with van der Waals surface area (Å²) in [6, 6.07) is 6.51. The lowest BCUT2D eigenvalue weighted by Gasteiger charge is -2.59. The van der Waals surface area contributed by atoms with Gasteiger partial charge in [-0.25, -0.2) is 14.4 Å². The number of hydrogen-bond acceptors (Lipinski definition) is 10. The van der Waals surface area contributed by atoms with Crippen LogP contribution in [0.4, 0.5) is 10.2 Å². The van der Waals surface area contributed by atoms with Crippen LogP contribution in [0, 0.1) is 11.2 Å². The van der Waals surface area contributed by atoms with Crippen molar-refractivity contribution in [1.29, 1.82) is 0 Å². The smallest absolute Gasteiger partial charge is 0.257 e. The van der Waals surface area contributed by atoms with E-state index in [-0.39, 0.29) is 34.8 Å². The van der Waals surface area contributed by atoms with Gasteiger partial charge < -0.3 is 24.0 Å². The third kappa shape index (κ3) is 7.09. The molecule has 1 aromatic carbocycles. The third-order valence-corrected chi connectivity index (χ3v) is 10.7. The van der Waals surface area contributed by atoms with Gasteiger partial charge in [0.05, 0.1) is 25.0 Å². The quantitative estimate of drug-likeness (QED) is 0.283. The average Bonchev–Trinajstić information content (AvgIpc) is 3.06. The highest BCUT2D eigenvalue weighted by atomic mass is 19.1. The van der Waals surface area contributed by atoms with Gasteiger partial charge in [0.1, 0.15) is 29.7 Å². The first-order valence-electron chi connectivity index (χ1n) is 17.7. The molecule has 7 rings (SSSR count). The van der Waals surface area contributed by atoms with Crippen molar-refractivity contribution in [3.63, 3.8) is 0 Å². The van der Waals surface area contributed by atoms with Gasteiger partial charge >= 0.3 is 0 Å². The maximum Gasteiger partial charge on any atom is 0.257 e. The summed E-state index contributed by atoms with van der Waals surface area (Å²) in [4.78, 5) is 35.6. The monoisotopic (exact) mass is 673 g/mol. The Bertz CT molecular complexity index is 1640. The van der Waals surface area contributed by atoms with Crippen molar-refractivity contribution in [2.75, 3.05) is 64.4 Å². The number of fused-ring (bicyclic) bond motifs is 1. The van der Waals surface area contributed by atoms with E-state index >= 15 is 0 Å². The molecule has 1 amide bonds. The van der Waals surface area contributed by atoms with Gasteiger partial charge in [-0.3, -0.25) is 19.6 Å². The molecule has 3 aliphatic heterocycles. The van der Waals surface area contributed by atoms with E-state index in [1.54, 1.807) is 11.1 Å². The van der Waals surface area contributed by atoms with E-state index in [1.807, 2.05) is 33.0 Å². The number of carbonyl (C=O) groups excluding carboxylic acids is 1. The zero-order chi connectivity index (χ0) is 34.1. The van der Waals surface area contributed by atoms with Gasteiger partial charge in [-0.05, 0) is 71.3 Å². The fourth-order valence-electron chi connectivity index (χ4n) is 7.88. The van der Waals surface area contributed by atoms with Crippen LogP contribution in [0.15, 0.2) is 43.0 Å². The van der Waals surface area contributed by atoms with Crippen LogP contribution in [-0.4, -0.2) is 113 Å². The van der Waals surface area contributed by atoms with Gasteiger partial charge in [0.2, 0.25) is 0 Å². The molecule has 0 radical (unpaired) electrons. The number of amides is 1. The number of hydrogen-bond donors (Lipinski definition) is 0. The molecule has 11 nitrogen and oxygen atoms in total. The van der Waals surface area contributed by atoms with E-state index in [9.17, 15) is 9.18 Å². The lowest BCUT2D eigenvalue weighted by atomic mass is 9.61. The van der Waals surface area contributed by atoms with Crippen LogP contribution in [0.25, 0.3) is 0 Å². The molecule has 4 aliphatic rings. The minimum absolute atomic E-state index is 0.0372. The first kappa shape index (κ1) is 33.6. The molecule has 2 aromatic heterocycles. The van der Waals surface area contributed by atoms with Gasteiger partial charge in [0.25, 0.3) is 5.91 Å². The van der Waals surface area contributed by atoms with E-state index in [1.165, 1.54) is 30.1 Å². The van der Waals surface area contributed by atoms with Crippen molar-refractivity contribution < 1.29 is 23.4 Å². The molecule has 3 fully saturated rings. The van der Waals surface area contributed by atoms with E-state index in [0.29, 0.717) is 24.2 Å². The normalized spacial score (nSPS) is 20.9. The van der Waals surface area contributed by atoms with Gasteiger partial charge in [-0.1, -0.05) is 0 Å². The summed E-state index contributed by atoms with van der Waals surface area (Å²) >= 11 is 0. The number of rotatable bonds is 11. The number of nitrogens with zero attached hydrogens (tertiary/aromatic N) is 7. The van der Waals surface area contributed by atoms with E-state index in [0.717, 1.165) is 89.6 Å². The molecule has 1 atom stereocenters. The van der Waals surface area contributed by atoms with Crippen molar-refractivity contribution in [3.05, 3.63) is 65.6 Å². The van der Waals surface area contributed by atoms with Crippen LogP contribution < -0.4 is 14.4 Å². The fraction of sp³-hybridized carbons (Fsp3) is 0.568. The van der Waals surface area contributed by atoms with Crippen molar-refractivity contribution in [2.24, 2.45) is 5.41 Å². The van der Waals surface area contributed by atoms with Crippen LogP contribution in [0.5, 0.6) is 17.2 Å². The number of likely N-dealkylation sites (N-methyl/N-ethyl adjacent to an activating group) is 1. The van der Waals surface area contributed by atoms with Crippen LogP contribution >= 0.6 is 0 Å². The first-order valence-corrected chi connectivity index (χ1v) is 17.7. The lowest BCUT2D eigenvalue weighted by molar-refractivity contribution is -0.0353. The molecule has 3 aromatic rings. The molecule has 49 heavy (non-hydrogen) atoms. The highest BCUT2D eigenvalue weighted by Gasteiger charge is 2.54. The first-order chi connectivity index (χ1) is 23.7. The molecule has 262 valence electrons. The summed E-state index contributed by atoms with van der Waals surface area (Å²) in [6.45, 7) is 13.5. The fourth-order valence-corrected chi connectivity index (χ4v) is 7.88. The predicted molar refractivity (Wildman–Crippen MR) is 184 cm³/mol. The third-order valence-electron chi connectivity index (χ3n) is 10.7. The molecular formula is C37H48FN7O4. The SMILES string of the molecule is CCN(C(=O)c1cc(F)ccc1Oc1cncnc1N1CC2(CC(Oc3ccnc4c3CN(CC[C@@H]3COCCN3C)CC4)C2)C1)C(C)C. The Morgan fingerprint density at radius 3 is 2.76 bits per heavy atom. The Kier molecular flexibility index (Phi) is 9.72. The van der Waals surface area contributed by atoms with Gasteiger partial charge in [-0.2, -0.15) is 0 Å². The van der Waals surface area contributed by atoms with Crippen LogP contribution in [-0.2, 0) is 17.7 Å². The molecule has 0 N–H and O–H groups in total. The zero-order valence-corrected chi connectivity index (χ0v) is 29.1. The largest absolute Gasteiger partial charge is 0.490 e. The number of aromatic nitrogens is 3. The number of carbonyl (C=O) groups is 1. The van der Waals surface area contributed by atoms with Crippen LogP contribution in [0.3, 0.4) is 0 Å². The predicted octanol–water partition coefficient (Wildman–Crippen LogP) is 4.80. The van der Waals surface area contributed by atoms with Crippen molar-refractivity contribution >= 4 is 11.7 Å². The Hall–Kier alpha value is -3.87. The summed E-state index contributed by atoms with van der Waals surface area (Å²) in [5.74, 6) is 1.59. The summed E-state index contributed by atoms with van der Waals surface area (Å²) in [5, 5.41) is 0. The number of benzene rings is 1. The number of anilines is 1. The molecular weight excluding hydrogens is 625 g/mol. The van der Waals surface area contributed by atoms with E-state index in [2.05, 4.69) is 31.7 Å². The number of halogens is 1. The summed E-state index contributed by atoms with van der Waals surface area (Å²) < 4.78 is 32.9. The second kappa shape index (κ2) is 14.2. The molecule has 1 aliphatic carbocycles. The Balaban J connectivity index is 0.960. The Labute approximate surface area is 288 Å². The Morgan fingerprint density at radius 2 is 1.98 bits per heavy atom. The summed E-state index contributed by atoms with van der Waals surface area (Å²) in [5.41, 5.74) is 2.73. The van der Waals surface area contributed by atoms with Gasteiger partial charge in [-0.15, -0.1) is 0 Å². The Morgan fingerprint density at radius 1 is 1.14 bits per heavy atom. The highest BCUT2D eigenvalue weighted by Crippen LogP contribution is 2.52. The topological polar surface area (TPSA) is 96.4 Å². The van der Waals surface area contributed by atoms with Crippen molar-refractivity contribution in [2.45, 2.75) is 71.2 Å². The minimum Gasteiger partial charge on any atom is -0.490 e. The van der Waals surface area contributed by atoms with Crippen LogP contribution in [0.2, 0.25) is 0 Å². The number of morpholine rings is 1. The maximum absolute atomic E-state index is 14.3. The summed E-state index contributed by atoms with van der Waals surface area (Å²) in [7, 11) is 2.20. The lowest BCUT2D eigenvalue weighted by Crippen LogP contribution is -2.65. The number of ether oxygens (including phenoxy) is 3. The molecule has 0 bridgehead atoms. The molecule has 1 spiro atoms. The standard InChI is InChI=1S/C37H48FN7O4/c1-5-45(25(2)3)36(46)29-16-26(38)6-7-32(29)49-34-19-39-24-41-35(34)44-22-37(23-44)17-28(18-37)48-33-8-11-40-31-10-13-43(20-30(31)33)12-9-27-21-47-15-14-42(27)4/h6-8,11,16,19,24-25,27-28H,5,9-10,12-15,17-18,20-23H2,1-4H3/t27-/m1/s1. The molecule has 2 saturated heterocycles. The molecule has 5 heterocycles. The minimum atomic E-state index is -0.491. The van der Waals surface area contributed by atoms with Crippen molar-refractivity contribution in [1.82, 2.24) is 29.7 Å². The summed E-state index contributed by atoms with van der Waals surface area (Å²) in [6.07, 6.45) is 9.14. The number of pyridine rings is 1. The maximum atomic E-state index is 14.3. The molecule has 0 unspecified atom stereocenters. The van der Waals surface area contributed by atoms with Gasteiger partial charge in [0, 0.05) is 87.2 Å². The van der Waals surface area contributed by atoms with Crippen molar-refractivity contribution in [3.8, 4) is 17.2 Å². The highest BCUT2D eigenvalue weighted by molar-refractivity contribution is 5.97. The second-order valence-corrected chi connectivity index (χ2v) is 14.4. The molecule has 12 heteroatoms. The molecule has 1 saturated carbocycles. The van der Waals surface area contributed by atoms with E-state index < -0.39 is 5.82 Å². The van der Waals surface area contributed by atoms with Gasteiger partial charge in [0.15, 0.2) is 11.6 Å². The second-order valence-electron chi connectivity index (χ2n) is 14.4. The zero-order valence-electron chi connectivity index (χ0n) is 29.1. The average molecular weight is 674 g/mol. The van der Waals surface area contributed by atoms with E-state index in [4.69, 9.17) is 19.2 Å².